The zero-order valence-corrected chi connectivity index (χ0v) is 14.9. The summed E-state index contributed by atoms with van der Waals surface area (Å²) in [7, 11) is 0. The smallest absolute Gasteiger partial charge is 0.214 e. The lowest BCUT2D eigenvalue weighted by atomic mass is 9.93. The molecule has 0 aromatic carbocycles. The van der Waals surface area contributed by atoms with E-state index in [1.807, 2.05) is 4.52 Å². The standard InChI is InChI=1S/C15H24N4S2/c1-5-20-11-8-6-7-10(11)16-13-18-19-9-12(15(2,3)4)17-14(19)21-13/h9-11H,5-8H2,1-4H3,(H,16,18). The first kappa shape index (κ1) is 15.2. The lowest BCUT2D eigenvalue weighted by Gasteiger charge is -2.19. The van der Waals surface area contributed by atoms with Crippen molar-refractivity contribution >= 4 is 33.2 Å². The zero-order chi connectivity index (χ0) is 15.0. The molecule has 0 radical (unpaired) electrons. The molecule has 4 nitrogen and oxygen atoms in total. The zero-order valence-electron chi connectivity index (χ0n) is 13.2. The van der Waals surface area contributed by atoms with E-state index < -0.39 is 0 Å². The monoisotopic (exact) mass is 324 g/mol. The van der Waals surface area contributed by atoms with Crippen molar-refractivity contribution in [1.29, 1.82) is 0 Å². The van der Waals surface area contributed by atoms with Crippen LogP contribution in [-0.4, -0.2) is 31.6 Å². The van der Waals surface area contributed by atoms with E-state index in [9.17, 15) is 0 Å². The molecule has 1 fully saturated rings. The largest absolute Gasteiger partial charge is 0.356 e. The fraction of sp³-hybridized carbons (Fsp3) is 0.733. The fourth-order valence-corrected chi connectivity index (χ4v) is 4.82. The summed E-state index contributed by atoms with van der Waals surface area (Å²) in [5.74, 6) is 1.19. The van der Waals surface area contributed by atoms with Crippen LogP contribution >= 0.6 is 23.1 Å². The number of hydrogen-bond donors (Lipinski definition) is 1. The molecule has 2 heterocycles. The summed E-state index contributed by atoms with van der Waals surface area (Å²) in [4.78, 5) is 5.69. The van der Waals surface area contributed by atoms with E-state index >= 15 is 0 Å². The molecule has 1 aliphatic rings. The van der Waals surface area contributed by atoms with Crippen LogP contribution in [0.4, 0.5) is 5.13 Å². The van der Waals surface area contributed by atoms with Crippen LogP contribution in [0.1, 0.15) is 52.7 Å². The van der Waals surface area contributed by atoms with Gasteiger partial charge in [0.15, 0.2) is 0 Å². The van der Waals surface area contributed by atoms with E-state index in [0.29, 0.717) is 6.04 Å². The summed E-state index contributed by atoms with van der Waals surface area (Å²) >= 11 is 3.73. The van der Waals surface area contributed by atoms with Crippen LogP contribution in [0.2, 0.25) is 0 Å². The van der Waals surface area contributed by atoms with Crippen LogP contribution in [0.5, 0.6) is 0 Å². The van der Waals surface area contributed by atoms with Gasteiger partial charge in [-0.25, -0.2) is 9.50 Å². The number of imidazole rings is 1. The van der Waals surface area contributed by atoms with Gasteiger partial charge in [0, 0.05) is 16.7 Å². The number of anilines is 1. The molecule has 0 saturated heterocycles. The lowest BCUT2D eigenvalue weighted by molar-refractivity contribution is 0.572. The van der Waals surface area contributed by atoms with Crippen molar-refractivity contribution in [3.63, 3.8) is 0 Å². The van der Waals surface area contributed by atoms with Gasteiger partial charge in [0.1, 0.15) is 0 Å². The molecular weight excluding hydrogens is 300 g/mol. The minimum atomic E-state index is 0.0787. The minimum absolute atomic E-state index is 0.0787. The summed E-state index contributed by atoms with van der Waals surface area (Å²) in [5, 5.41) is 10.0. The maximum atomic E-state index is 4.71. The number of nitrogens with zero attached hydrogens (tertiary/aromatic N) is 3. The molecule has 1 saturated carbocycles. The molecule has 6 heteroatoms. The van der Waals surface area contributed by atoms with Gasteiger partial charge in [0.2, 0.25) is 10.1 Å². The third kappa shape index (κ3) is 3.21. The molecule has 1 aliphatic carbocycles. The fourth-order valence-electron chi connectivity index (χ4n) is 2.78. The normalized spacial score (nSPS) is 23.0. The molecule has 3 rings (SSSR count). The molecule has 0 amide bonds. The van der Waals surface area contributed by atoms with E-state index in [1.165, 1.54) is 25.0 Å². The molecule has 1 N–H and O–H groups in total. The number of fused-ring (bicyclic) bond motifs is 1. The van der Waals surface area contributed by atoms with Crippen molar-refractivity contribution < 1.29 is 0 Å². The van der Waals surface area contributed by atoms with Gasteiger partial charge in [-0.15, -0.1) is 5.10 Å². The number of thioether (sulfide) groups is 1. The van der Waals surface area contributed by atoms with Gasteiger partial charge in [-0.1, -0.05) is 45.5 Å². The van der Waals surface area contributed by atoms with Gasteiger partial charge in [0.05, 0.1) is 11.9 Å². The topological polar surface area (TPSA) is 42.2 Å². The number of hydrogen-bond acceptors (Lipinski definition) is 5. The van der Waals surface area contributed by atoms with Crippen molar-refractivity contribution in [1.82, 2.24) is 14.6 Å². The first-order chi connectivity index (χ1) is 9.97. The van der Waals surface area contributed by atoms with Crippen LogP contribution in [0.25, 0.3) is 4.96 Å². The van der Waals surface area contributed by atoms with E-state index in [-0.39, 0.29) is 5.41 Å². The Labute approximate surface area is 134 Å². The predicted octanol–water partition coefficient (Wildman–Crippen LogP) is 4.17. The Hall–Kier alpha value is -0.750. The summed E-state index contributed by atoms with van der Waals surface area (Å²) in [6.45, 7) is 8.79. The summed E-state index contributed by atoms with van der Waals surface area (Å²) in [5.41, 5.74) is 1.18. The number of nitrogens with one attached hydrogen (secondary N) is 1. The Kier molecular flexibility index (Phi) is 4.19. The summed E-state index contributed by atoms with van der Waals surface area (Å²) < 4.78 is 1.92. The third-order valence-electron chi connectivity index (χ3n) is 3.95. The van der Waals surface area contributed by atoms with E-state index in [0.717, 1.165) is 21.0 Å². The van der Waals surface area contributed by atoms with Gasteiger partial charge >= 0.3 is 0 Å². The molecule has 0 spiro atoms. The highest BCUT2D eigenvalue weighted by Gasteiger charge is 2.28. The molecule has 2 aromatic rings. The van der Waals surface area contributed by atoms with Crippen LogP contribution in [0, 0.1) is 0 Å². The molecule has 2 unspecified atom stereocenters. The average molecular weight is 325 g/mol. The van der Waals surface area contributed by atoms with Gasteiger partial charge in [-0.05, 0) is 18.6 Å². The SMILES string of the molecule is CCSC1CCCC1Nc1nn2cc(C(C)(C)C)nc2s1. The van der Waals surface area contributed by atoms with Crippen LogP contribution in [-0.2, 0) is 5.41 Å². The highest BCUT2D eigenvalue weighted by Crippen LogP contribution is 2.33. The highest BCUT2D eigenvalue weighted by atomic mass is 32.2. The van der Waals surface area contributed by atoms with Crippen molar-refractivity contribution in [2.24, 2.45) is 0 Å². The van der Waals surface area contributed by atoms with Gasteiger partial charge in [0.25, 0.3) is 0 Å². The number of rotatable bonds is 4. The molecular formula is C15H24N4S2. The van der Waals surface area contributed by atoms with Crippen LogP contribution < -0.4 is 5.32 Å². The molecule has 2 aromatic heterocycles. The Morgan fingerprint density at radius 2 is 2.24 bits per heavy atom. The maximum absolute atomic E-state index is 4.71. The molecule has 116 valence electrons. The second-order valence-corrected chi connectivity index (χ2v) is 9.16. The quantitative estimate of drug-likeness (QED) is 0.916. The Morgan fingerprint density at radius 1 is 1.43 bits per heavy atom. The average Bonchev–Trinajstić information content (AvgIpc) is 3.04. The Bertz CT molecular complexity index is 579. The molecule has 0 aliphatic heterocycles. The van der Waals surface area contributed by atoms with Crippen molar-refractivity contribution in [2.75, 3.05) is 11.1 Å². The van der Waals surface area contributed by atoms with Crippen molar-refractivity contribution in [3.05, 3.63) is 11.9 Å². The summed E-state index contributed by atoms with van der Waals surface area (Å²) in [6.07, 6.45) is 5.97. The third-order valence-corrected chi connectivity index (χ3v) is 6.13. The molecule has 21 heavy (non-hydrogen) atoms. The maximum Gasteiger partial charge on any atom is 0.214 e. The second-order valence-electron chi connectivity index (χ2n) is 6.69. The van der Waals surface area contributed by atoms with Gasteiger partial charge < -0.3 is 5.32 Å². The van der Waals surface area contributed by atoms with Crippen LogP contribution in [0.15, 0.2) is 6.20 Å². The summed E-state index contributed by atoms with van der Waals surface area (Å²) in [6, 6.07) is 0.563. The first-order valence-corrected chi connectivity index (χ1v) is 9.58. The van der Waals surface area contributed by atoms with Gasteiger partial charge in [-0.2, -0.15) is 11.8 Å². The van der Waals surface area contributed by atoms with E-state index in [1.54, 1.807) is 11.3 Å². The Balaban J connectivity index is 1.74. The van der Waals surface area contributed by atoms with E-state index in [4.69, 9.17) is 4.98 Å². The Morgan fingerprint density at radius 3 is 2.90 bits per heavy atom. The predicted molar refractivity (Wildman–Crippen MR) is 92.7 cm³/mol. The highest BCUT2D eigenvalue weighted by molar-refractivity contribution is 7.99. The van der Waals surface area contributed by atoms with Crippen LogP contribution in [0.3, 0.4) is 0 Å². The van der Waals surface area contributed by atoms with E-state index in [2.05, 4.69) is 56.1 Å². The number of aromatic nitrogens is 3. The molecule has 0 bridgehead atoms. The van der Waals surface area contributed by atoms with Gasteiger partial charge in [-0.3, -0.25) is 0 Å². The lowest BCUT2D eigenvalue weighted by Crippen LogP contribution is -2.26. The first-order valence-electron chi connectivity index (χ1n) is 7.72. The minimum Gasteiger partial charge on any atom is -0.356 e. The van der Waals surface area contributed by atoms with Crippen molar-refractivity contribution in [3.8, 4) is 0 Å². The van der Waals surface area contributed by atoms with Crippen molar-refractivity contribution in [2.45, 2.75) is 63.7 Å². The molecule has 2 atom stereocenters. The second kappa shape index (κ2) is 5.80.